The number of nitrogens with one attached hydrogen (secondary N) is 1. The van der Waals surface area contributed by atoms with E-state index in [-0.39, 0.29) is 18.5 Å². The molecular formula is C13H16FNO4. The van der Waals surface area contributed by atoms with E-state index < -0.39 is 29.7 Å². The number of amides is 1. The average Bonchev–Trinajstić information content (AvgIpc) is 2.28. The van der Waals surface area contributed by atoms with E-state index in [0.717, 1.165) is 0 Å². The number of carboxylic acids is 1. The number of aliphatic carboxylic acids is 1. The highest BCUT2D eigenvalue weighted by Gasteiger charge is 2.24. The molecule has 104 valence electrons. The number of aliphatic hydroxyl groups is 1. The summed E-state index contributed by atoms with van der Waals surface area (Å²) < 4.78 is 13.3. The largest absolute Gasteiger partial charge is 0.481 e. The third-order valence-corrected chi connectivity index (χ3v) is 2.51. The first-order valence-corrected chi connectivity index (χ1v) is 5.74. The van der Waals surface area contributed by atoms with Crippen molar-refractivity contribution in [2.75, 3.05) is 6.54 Å². The fraction of sp³-hybridized carbons (Fsp3) is 0.385. The summed E-state index contributed by atoms with van der Waals surface area (Å²) in [5.74, 6) is -2.11. The summed E-state index contributed by atoms with van der Waals surface area (Å²) >= 11 is 0. The number of carbonyl (C=O) groups is 2. The first kappa shape index (κ1) is 15.1. The molecule has 0 saturated heterocycles. The molecule has 0 bridgehead atoms. The van der Waals surface area contributed by atoms with Gasteiger partial charge in [-0.05, 0) is 18.6 Å². The van der Waals surface area contributed by atoms with Crippen molar-refractivity contribution in [1.82, 2.24) is 5.32 Å². The van der Waals surface area contributed by atoms with E-state index in [1.54, 1.807) is 6.07 Å². The van der Waals surface area contributed by atoms with Crippen LogP contribution in [0.25, 0.3) is 0 Å². The summed E-state index contributed by atoms with van der Waals surface area (Å²) in [5, 5.41) is 20.6. The zero-order valence-corrected chi connectivity index (χ0v) is 10.5. The van der Waals surface area contributed by atoms with E-state index in [4.69, 9.17) is 5.11 Å². The summed E-state index contributed by atoms with van der Waals surface area (Å²) in [6.45, 7) is 1.11. The van der Waals surface area contributed by atoms with Gasteiger partial charge in [-0.15, -0.1) is 0 Å². The Morgan fingerprint density at radius 2 is 2.00 bits per heavy atom. The number of benzene rings is 1. The van der Waals surface area contributed by atoms with Crippen molar-refractivity contribution in [3.63, 3.8) is 0 Å². The Morgan fingerprint density at radius 3 is 2.58 bits per heavy atom. The summed E-state index contributed by atoms with van der Waals surface area (Å²) in [6.07, 6.45) is -0.636. The van der Waals surface area contributed by atoms with Crippen LogP contribution in [0.15, 0.2) is 24.3 Å². The topological polar surface area (TPSA) is 86.6 Å². The smallest absolute Gasteiger partial charge is 0.306 e. The quantitative estimate of drug-likeness (QED) is 0.710. The van der Waals surface area contributed by atoms with E-state index in [2.05, 4.69) is 5.32 Å². The molecule has 19 heavy (non-hydrogen) atoms. The SMILES string of the molecule is CC(O)(CNC(=O)Cc1ccccc1F)CC(=O)O. The molecule has 1 aromatic rings. The molecule has 0 aliphatic heterocycles. The maximum Gasteiger partial charge on any atom is 0.306 e. The molecule has 1 atom stereocenters. The third-order valence-electron chi connectivity index (χ3n) is 2.51. The fourth-order valence-corrected chi connectivity index (χ4v) is 1.55. The second-order valence-electron chi connectivity index (χ2n) is 4.61. The van der Waals surface area contributed by atoms with Crippen molar-refractivity contribution in [2.24, 2.45) is 0 Å². The van der Waals surface area contributed by atoms with Gasteiger partial charge in [0.2, 0.25) is 5.91 Å². The van der Waals surface area contributed by atoms with Crippen molar-refractivity contribution in [3.8, 4) is 0 Å². The minimum Gasteiger partial charge on any atom is -0.481 e. The van der Waals surface area contributed by atoms with Crippen molar-refractivity contribution >= 4 is 11.9 Å². The minimum atomic E-state index is -1.53. The monoisotopic (exact) mass is 269 g/mol. The second kappa shape index (κ2) is 6.29. The van der Waals surface area contributed by atoms with Crippen LogP contribution in [0, 0.1) is 5.82 Å². The highest BCUT2D eigenvalue weighted by Crippen LogP contribution is 2.09. The average molecular weight is 269 g/mol. The van der Waals surface area contributed by atoms with Crippen molar-refractivity contribution in [3.05, 3.63) is 35.6 Å². The van der Waals surface area contributed by atoms with E-state index in [1.165, 1.54) is 25.1 Å². The Bertz CT molecular complexity index is 473. The lowest BCUT2D eigenvalue weighted by molar-refractivity contribution is -0.142. The predicted molar refractivity (Wildman–Crippen MR) is 66.0 cm³/mol. The first-order valence-electron chi connectivity index (χ1n) is 5.74. The number of hydrogen-bond donors (Lipinski definition) is 3. The van der Waals surface area contributed by atoms with E-state index in [1.807, 2.05) is 0 Å². The summed E-state index contributed by atoms with van der Waals surface area (Å²) in [5.41, 5.74) is -1.28. The number of carboxylic acid groups (broad SMARTS) is 1. The van der Waals surface area contributed by atoms with E-state index in [9.17, 15) is 19.1 Å². The molecule has 0 saturated carbocycles. The van der Waals surface area contributed by atoms with Gasteiger partial charge in [0, 0.05) is 6.54 Å². The number of hydrogen-bond acceptors (Lipinski definition) is 3. The summed E-state index contributed by atoms with van der Waals surface area (Å²) in [4.78, 5) is 22.0. The molecule has 0 aromatic heterocycles. The number of rotatable bonds is 6. The summed E-state index contributed by atoms with van der Waals surface area (Å²) in [6, 6.07) is 5.88. The Hall–Kier alpha value is -1.95. The van der Waals surface area contributed by atoms with Crippen molar-refractivity contribution in [1.29, 1.82) is 0 Å². The van der Waals surface area contributed by atoms with Gasteiger partial charge in [-0.25, -0.2) is 4.39 Å². The second-order valence-corrected chi connectivity index (χ2v) is 4.61. The van der Waals surface area contributed by atoms with Crippen LogP contribution in [0.4, 0.5) is 4.39 Å². The van der Waals surface area contributed by atoms with Crippen LogP contribution in [0.1, 0.15) is 18.9 Å². The van der Waals surface area contributed by atoms with Crippen LogP contribution in [-0.4, -0.2) is 34.2 Å². The molecule has 1 rings (SSSR count). The van der Waals surface area contributed by atoms with Crippen LogP contribution < -0.4 is 5.32 Å². The van der Waals surface area contributed by atoms with Gasteiger partial charge in [0.15, 0.2) is 0 Å². The fourth-order valence-electron chi connectivity index (χ4n) is 1.55. The van der Waals surface area contributed by atoms with Crippen LogP contribution >= 0.6 is 0 Å². The molecule has 1 unspecified atom stereocenters. The third kappa shape index (κ3) is 5.48. The van der Waals surface area contributed by atoms with Gasteiger partial charge in [0.1, 0.15) is 5.82 Å². The molecule has 0 heterocycles. The van der Waals surface area contributed by atoms with Crippen molar-refractivity contribution in [2.45, 2.75) is 25.4 Å². The lowest BCUT2D eigenvalue weighted by Crippen LogP contribution is -2.42. The lowest BCUT2D eigenvalue weighted by atomic mass is 10.0. The Kier molecular flexibility index (Phi) is 5.00. The van der Waals surface area contributed by atoms with Crippen LogP contribution in [0.2, 0.25) is 0 Å². The highest BCUT2D eigenvalue weighted by atomic mass is 19.1. The van der Waals surface area contributed by atoms with Gasteiger partial charge in [-0.2, -0.15) is 0 Å². The molecule has 0 aliphatic carbocycles. The Balaban J connectivity index is 2.49. The van der Waals surface area contributed by atoms with E-state index >= 15 is 0 Å². The molecule has 0 spiro atoms. The summed E-state index contributed by atoms with van der Waals surface area (Å²) in [7, 11) is 0. The zero-order chi connectivity index (χ0) is 14.5. The molecule has 0 radical (unpaired) electrons. The van der Waals surface area contributed by atoms with Gasteiger partial charge in [-0.1, -0.05) is 18.2 Å². The molecule has 0 fully saturated rings. The maximum absolute atomic E-state index is 13.3. The molecule has 6 heteroatoms. The highest BCUT2D eigenvalue weighted by molar-refractivity contribution is 5.78. The van der Waals surface area contributed by atoms with Crippen LogP contribution in [-0.2, 0) is 16.0 Å². The molecule has 1 aromatic carbocycles. The van der Waals surface area contributed by atoms with Crippen LogP contribution in [0.5, 0.6) is 0 Å². The number of carbonyl (C=O) groups excluding carboxylic acids is 1. The molecule has 1 amide bonds. The Labute approximate surface area is 110 Å². The minimum absolute atomic E-state index is 0.157. The molecule has 3 N–H and O–H groups in total. The normalized spacial score (nSPS) is 13.6. The van der Waals surface area contributed by atoms with Gasteiger partial charge < -0.3 is 15.5 Å². The van der Waals surface area contributed by atoms with Gasteiger partial charge >= 0.3 is 5.97 Å². The maximum atomic E-state index is 13.3. The van der Waals surface area contributed by atoms with Gasteiger partial charge in [0.05, 0.1) is 18.4 Å². The standard InChI is InChI=1S/C13H16FNO4/c1-13(19,7-12(17)18)8-15-11(16)6-9-4-2-3-5-10(9)14/h2-5,19H,6-8H2,1H3,(H,15,16)(H,17,18). The zero-order valence-electron chi connectivity index (χ0n) is 10.5. The first-order chi connectivity index (χ1) is 8.80. The molecule has 0 aliphatic rings. The van der Waals surface area contributed by atoms with E-state index in [0.29, 0.717) is 0 Å². The van der Waals surface area contributed by atoms with Crippen molar-refractivity contribution < 1.29 is 24.2 Å². The molecule has 5 nitrogen and oxygen atoms in total. The van der Waals surface area contributed by atoms with Gasteiger partial charge in [-0.3, -0.25) is 9.59 Å². The lowest BCUT2D eigenvalue weighted by Gasteiger charge is -2.21. The number of halogens is 1. The van der Waals surface area contributed by atoms with Gasteiger partial charge in [0.25, 0.3) is 0 Å². The van der Waals surface area contributed by atoms with Crippen LogP contribution in [0.3, 0.4) is 0 Å². The predicted octanol–water partition coefficient (Wildman–Crippen LogP) is 0.710. The molecular weight excluding hydrogens is 253 g/mol. The Morgan fingerprint density at radius 1 is 1.37 bits per heavy atom.